The molecule has 1 heterocycles. The van der Waals surface area contributed by atoms with Gasteiger partial charge in [0.05, 0.1) is 4.92 Å². The summed E-state index contributed by atoms with van der Waals surface area (Å²) in [6.45, 7) is 4.28. The molecule has 0 atom stereocenters. The van der Waals surface area contributed by atoms with Gasteiger partial charge in [0, 0.05) is 12.0 Å². The number of halogens is 1. The summed E-state index contributed by atoms with van der Waals surface area (Å²) in [6, 6.07) is 6.32. The number of rotatable bonds is 5. The molecule has 0 amide bonds. The van der Waals surface area contributed by atoms with Crippen molar-refractivity contribution >= 4 is 17.5 Å². The lowest BCUT2D eigenvalue weighted by Gasteiger charge is -2.25. The van der Waals surface area contributed by atoms with Crippen molar-refractivity contribution in [3.8, 4) is 0 Å². The predicted octanol–water partition coefficient (Wildman–Crippen LogP) is 2.50. The second-order valence-electron chi connectivity index (χ2n) is 5.47. The Balaban J connectivity index is 2.12. The molecule has 0 bridgehead atoms. The summed E-state index contributed by atoms with van der Waals surface area (Å²) in [6.07, 6.45) is 1.06. The van der Waals surface area contributed by atoms with Gasteiger partial charge in [-0.05, 0) is 17.7 Å². The highest BCUT2D eigenvalue weighted by Gasteiger charge is 2.22. The summed E-state index contributed by atoms with van der Waals surface area (Å²) < 4.78 is 13.3. The molecule has 0 aliphatic heterocycles. The third-order valence-electron chi connectivity index (χ3n) is 3.29. The van der Waals surface area contributed by atoms with Gasteiger partial charge >= 0.3 is 5.69 Å². The molecule has 0 saturated heterocycles. The summed E-state index contributed by atoms with van der Waals surface area (Å²) in [7, 11) is 0. The third kappa shape index (κ3) is 3.46. The topological polar surface area (TPSA) is 107 Å². The SMILES string of the molecule is CC(C)(CNc1ncc([N+](=O)[O-])c(N)n1)c1cccc(F)c1. The van der Waals surface area contributed by atoms with Crippen LogP contribution in [0.3, 0.4) is 0 Å². The van der Waals surface area contributed by atoms with E-state index in [-0.39, 0.29) is 28.7 Å². The van der Waals surface area contributed by atoms with Crippen molar-refractivity contribution in [2.45, 2.75) is 19.3 Å². The van der Waals surface area contributed by atoms with E-state index in [2.05, 4.69) is 15.3 Å². The van der Waals surface area contributed by atoms with Gasteiger partial charge < -0.3 is 11.1 Å². The van der Waals surface area contributed by atoms with Crippen molar-refractivity contribution in [1.82, 2.24) is 9.97 Å². The van der Waals surface area contributed by atoms with Gasteiger partial charge in [-0.3, -0.25) is 10.1 Å². The normalized spacial score (nSPS) is 11.2. The van der Waals surface area contributed by atoms with Crippen molar-refractivity contribution in [3.05, 3.63) is 52.0 Å². The zero-order chi connectivity index (χ0) is 16.3. The van der Waals surface area contributed by atoms with Gasteiger partial charge in [-0.2, -0.15) is 4.98 Å². The van der Waals surface area contributed by atoms with Crippen LogP contribution in [0, 0.1) is 15.9 Å². The van der Waals surface area contributed by atoms with Crippen LogP contribution in [0.1, 0.15) is 19.4 Å². The van der Waals surface area contributed by atoms with Gasteiger partial charge in [-0.25, -0.2) is 9.37 Å². The number of nitrogens with zero attached hydrogens (tertiary/aromatic N) is 3. The predicted molar refractivity (Wildman–Crippen MR) is 81.0 cm³/mol. The van der Waals surface area contributed by atoms with E-state index in [9.17, 15) is 14.5 Å². The zero-order valence-corrected chi connectivity index (χ0v) is 12.2. The summed E-state index contributed by atoms with van der Waals surface area (Å²) in [5.41, 5.74) is 5.60. The summed E-state index contributed by atoms with van der Waals surface area (Å²) in [5, 5.41) is 13.6. The minimum atomic E-state index is -0.643. The number of aromatic nitrogens is 2. The van der Waals surface area contributed by atoms with Crippen molar-refractivity contribution in [2.24, 2.45) is 0 Å². The number of nitro groups is 1. The van der Waals surface area contributed by atoms with Crippen LogP contribution in [-0.2, 0) is 5.41 Å². The van der Waals surface area contributed by atoms with E-state index in [0.717, 1.165) is 11.8 Å². The van der Waals surface area contributed by atoms with E-state index in [1.165, 1.54) is 12.1 Å². The second-order valence-corrected chi connectivity index (χ2v) is 5.47. The van der Waals surface area contributed by atoms with Gasteiger partial charge in [0.25, 0.3) is 0 Å². The zero-order valence-electron chi connectivity index (χ0n) is 12.2. The first-order valence-corrected chi connectivity index (χ1v) is 6.56. The maximum atomic E-state index is 13.3. The number of nitrogens with two attached hydrogens (primary N) is 1. The van der Waals surface area contributed by atoms with Gasteiger partial charge in [0.15, 0.2) is 0 Å². The molecule has 0 aliphatic rings. The smallest absolute Gasteiger partial charge is 0.329 e. The molecule has 0 aliphatic carbocycles. The van der Waals surface area contributed by atoms with Crippen LogP contribution in [-0.4, -0.2) is 21.4 Å². The van der Waals surface area contributed by atoms with E-state index in [4.69, 9.17) is 5.73 Å². The molecular weight excluding hydrogens is 289 g/mol. The number of nitrogens with one attached hydrogen (secondary N) is 1. The summed E-state index contributed by atoms with van der Waals surface area (Å²) in [4.78, 5) is 17.7. The fourth-order valence-corrected chi connectivity index (χ4v) is 1.93. The molecule has 0 unspecified atom stereocenters. The molecule has 0 spiro atoms. The number of hydrogen-bond acceptors (Lipinski definition) is 6. The average Bonchev–Trinajstić information content (AvgIpc) is 2.45. The highest BCUT2D eigenvalue weighted by Crippen LogP contribution is 2.24. The van der Waals surface area contributed by atoms with Gasteiger partial charge in [-0.1, -0.05) is 26.0 Å². The van der Waals surface area contributed by atoms with E-state index in [1.807, 2.05) is 19.9 Å². The highest BCUT2D eigenvalue weighted by molar-refractivity contribution is 5.53. The first-order chi connectivity index (χ1) is 10.3. The van der Waals surface area contributed by atoms with Crippen LogP contribution in [0.5, 0.6) is 0 Å². The average molecular weight is 305 g/mol. The molecular formula is C14H16FN5O2. The minimum Gasteiger partial charge on any atom is -0.378 e. The van der Waals surface area contributed by atoms with Crippen molar-refractivity contribution < 1.29 is 9.31 Å². The van der Waals surface area contributed by atoms with Crippen LogP contribution >= 0.6 is 0 Å². The standard InChI is InChI=1S/C14H16FN5O2/c1-14(2,9-4-3-5-10(15)6-9)8-18-13-17-7-11(20(21)22)12(16)19-13/h3-7H,8H2,1-2H3,(H3,16,17,18,19). The van der Waals surface area contributed by atoms with Crippen molar-refractivity contribution in [3.63, 3.8) is 0 Å². The van der Waals surface area contributed by atoms with Gasteiger partial charge in [-0.15, -0.1) is 0 Å². The molecule has 22 heavy (non-hydrogen) atoms. The lowest BCUT2D eigenvalue weighted by Crippen LogP contribution is -2.28. The molecule has 1 aromatic heterocycles. The largest absolute Gasteiger partial charge is 0.378 e. The highest BCUT2D eigenvalue weighted by atomic mass is 19.1. The molecule has 0 fully saturated rings. The third-order valence-corrected chi connectivity index (χ3v) is 3.29. The van der Waals surface area contributed by atoms with Crippen LogP contribution in [0.2, 0.25) is 0 Å². The Morgan fingerprint density at radius 2 is 2.18 bits per heavy atom. The molecule has 2 rings (SSSR count). The second kappa shape index (κ2) is 5.92. The Hall–Kier alpha value is -2.77. The molecule has 2 aromatic rings. The Morgan fingerprint density at radius 3 is 2.77 bits per heavy atom. The quantitative estimate of drug-likeness (QED) is 0.649. The minimum absolute atomic E-state index is 0.188. The lowest BCUT2D eigenvalue weighted by molar-refractivity contribution is -0.384. The molecule has 0 radical (unpaired) electrons. The Morgan fingerprint density at radius 1 is 1.45 bits per heavy atom. The summed E-state index contributed by atoms with van der Waals surface area (Å²) in [5.74, 6) is -0.319. The lowest BCUT2D eigenvalue weighted by atomic mass is 9.84. The first kappa shape index (κ1) is 15.6. The number of hydrogen-bond donors (Lipinski definition) is 2. The molecule has 8 heteroatoms. The van der Waals surface area contributed by atoms with Gasteiger partial charge in [0.2, 0.25) is 11.8 Å². The van der Waals surface area contributed by atoms with E-state index in [1.54, 1.807) is 6.07 Å². The maximum absolute atomic E-state index is 13.3. The number of anilines is 2. The van der Waals surface area contributed by atoms with Crippen LogP contribution in [0.4, 0.5) is 21.8 Å². The van der Waals surface area contributed by atoms with E-state index in [0.29, 0.717) is 6.54 Å². The Bertz CT molecular complexity index is 705. The molecule has 1 aromatic carbocycles. The van der Waals surface area contributed by atoms with E-state index < -0.39 is 4.92 Å². The number of nitrogen functional groups attached to an aromatic ring is 1. The van der Waals surface area contributed by atoms with Crippen LogP contribution < -0.4 is 11.1 Å². The molecule has 0 saturated carbocycles. The Labute approximate surface area is 126 Å². The van der Waals surface area contributed by atoms with Crippen molar-refractivity contribution in [1.29, 1.82) is 0 Å². The van der Waals surface area contributed by atoms with Crippen LogP contribution in [0.15, 0.2) is 30.5 Å². The van der Waals surface area contributed by atoms with Gasteiger partial charge in [0.1, 0.15) is 12.0 Å². The van der Waals surface area contributed by atoms with Crippen molar-refractivity contribution in [2.75, 3.05) is 17.6 Å². The fourth-order valence-electron chi connectivity index (χ4n) is 1.93. The maximum Gasteiger partial charge on any atom is 0.329 e. The number of benzene rings is 1. The first-order valence-electron chi connectivity index (χ1n) is 6.56. The monoisotopic (exact) mass is 305 g/mol. The molecule has 7 nitrogen and oxygen atoms in total. The fraction of sp³-hybridized carbons (Fsp3) is 0.286. The molecule has 3 N–H and O–H groups in total. The van der Waals surface area contributed by atoms with Crippen LogP contribution in [0.25, 0.3) is 0 Å². The Kier molecular flexibility index (Phi) is 4.20. The summed E-state index contributed by atoms with van der Waals surface area (Å²) >= 11 is 0. The van der Waals surface area contributed by atoms with E-state index >= 15 is 0 Å². The molecule has 116 valence electrons.